The summed E-state index contributed by atoms with van der Waals surface area (Å²) in [5.74, 6) is 1.28. The van der Waals surface area contributed by atoms with Crippen LogP contribution in [0.1, 0.15) is 34.0 Å². The van der Waals surface area contributed by atoms with Crippen molar-refractivity contribution in [1.29, 1.82) is 0 Å². The summed E-state index contributed by atoms with van der Waals surface area (Å²) in [4.78, 5) is 29.8. The SMILES string of the molecule is COc1ccccc1CCNC(=O)c1ccc2nc(Cc3nc4ccc(N=C(N)N)cc4[nH]3)n(CCCS(=O)(=O)O)c2c1. The monoisotopic (exact) mass is 604 g/mol. The molecule has 224 valence electrons. The van der Waals surface area contributed by atoms with Crippen LogP contribution in [0.2, 0.25) is 0 Å². The van der Waals surface area contributed by atoms with E-state index in [-0.39, 0.29) is 24.8 Å². The number of amides is 1. The number of aromatic amines is 1. The lowest BCUT2D eigenvalue weighted by Crippen LogP contribution is -2.25. The predicted octanol–water partition coefficient (Wildman–Crippen LogP) is 2.67. The topological polar surface area (TPSA) is 204 Å². The highest BCUT2D eigenvalue weighted by molar-refractivity contribution is 7.85. The van der Waals surface area contributed by atoms with Crippen LogP contribution in [0.5, 0.6) is 5.75 Å². The standard InChI is InChI=1S/C29H32N8O5S/c1-42-25-6-3-2-5-18(25)11-12-32-28(38)19-7-9-22-24(15-19)37(13-4-14-43(39,40)41)27(36-22)17-26-34-21-10-8-20(33-29(30)31)16-23(21)35-26/h2-3,5-10,15-16H,4,11-14,17H2,1H3,(H,32,38)(H,34,35)(H4,30,31,33)(H,39,40,41). The fraction of sp³-hybridized carbons (Fsp3) is 0.241. The number of benzene rings is 3. The Balaban J connectivity index is 1.40. The number of hydrogen-bond donors (Lipinski definition) is 5. The Morgan fingerprint density at radius 3 is 2.65 bits per heavy atom. The quantitative estimate of drug-likeness (QED) is 0.0805. The maximum Gasteiger partial charge on any atom is 0.264 e. The zero-order chi connectivity index (χ0) is 30.6. The summed E-state index contributed by atoms with van der Waals surface area (Å²) in [7, 11) is -2.54. The molecule has 5 aromatic rings. The van der Waals surface area contributed by atoms with Gasteiger partial charge in [-0.25, -0.2) is 15.0 Å². The number of hydrogen-bond acceptors (Lipinski definition) is 7. The van der Waals surface area contributed by atoms with Crippen LogP contribution < -0.4 is 21.5 Å². The van der Waals surface area contributed by atoms with E-state index in [0.717, 1.165) is 16.8 Å². The van der Waals surface area contributed by atoms with Crippen molar-refractivity contribution in [2.45, 2.75) is 25.8 Å². The number of aromatic nitrogens is 4. The molecule has 0 aliphatic rings. The molecule has 0 atom stereocenters. The number of carbonyl (C=O) groups is 1. The molecule has 7 N–H and O–H groups in total. The fourth-order valence-electron chi connectivity index (χ4n) is 4.93. The van der Waals surface area contributed by atoms with Gasteiger partial charge in [-0.05, 0) is 60.9 Å². The first kappa shape index (κ1) is 29.5. The van der Waals surface area contributed by atoms with Crippen molar-refractivity contribution in [3.63, 3.8) is 0 Å². The zero-order valence-electron chi connectivity index (χ0n) is 23.4. The summed E-state index contributed by atoms with van der Waals surface area (Å²) >= 11 is 0. The number of para-hydroxylation sites is 1. The third kappa shape index (κ3) is 7.28. The summed E-state index contributed by atoms with van der Waals surface area (Å²) in [6.07, 6.45) is 1.04. The van der Waals surface area contributed by atoms with E-state index in [1.54, 1.807) is 43.5 Å². The smallest absolute Gasteiger partial charge is 0.264 e. The summed E-state index contributed by atoms with van der Waals surface area (Å²) < 4.78 is 39.3. The third-order valence-corrected chi connectivity index (χ3v) is 7.65. The van der Waals surface area contributed by atoms with Gasteiger partial charge in [-0.3, -0.25) is 9.35 Å². The summed E-state index contributed by atoms with van der Waals surface area (Å²) in [6, 6.07) is 18.2. The molecule has 1 amide bonds. The molecule has 2 heterocycles. The number of guanidine groups is 1. The van der Waals surface area contributed by atoms with Gasteiger partial charge in [0.25, 0.3) is 16.0 Å². The number of nitrogens with one attached hydrogen (secondary N) is 2. The van der Waals surface area contributed by atoms with Crippen LogP contribution >= 0.6 is 0 Å². The van der Waals surface area contributed by atoms with Crippen molar-refractivity contribution >= 4 is 49.7 Å². The Kier molecular flexibility index (Phi) is 8.59. The van der Waals surface area contributed by atoms with Gasteiger partial charge in [0.1, 0.15) is 17.4 Å². The number of nitrogens with zero attached hydrogens (tertiary/aromatic N) is 4. The number of rotatable bonds is 12. The van der Waals surface area contributed by atoms with Crippen LogP contribution in [0.15, 0.2) is 65.7 Å². The highest BCUT2D eigenvalue weighted by atomic mass is 32.2. The maximum absolute atomic E-state index is 13.1. The number of carbonyl (C=O) groups excluding carboxylic acids is 1. The van der Waals surface area contributed by atoms with Gasteiger partial charge < -0.3 is 31.1 Å². The minimum Gasteiger partial charge on any atom is -0.496 e. The van der Waals surface area contributed by atoms with Gasteiger partial charge in [-0.15, -0.1) is 0 Å². The van der Waals surface area contributed by atoms with Crippen LogP contribution in [-0.4, -0.2) is 63.8 Å². The predicted molar refractivity (Wildman–Crippen MR) is 164 cm³/mol. The first-order valence-corrected chi connectivity index (χ1v) is 15.1. The Bertz CT molecular complexity index is 1930. The molecule has 3 aromatic carbocycles. The lowest BCUT2D eigenvalue weighted by atomic mass is 10.1. The minimum absolute atomic E-state index is 0.0535. The fourth-order valence-corrected chi connectivity index (χ4v) is 5.42. The molecular formula is C29H32N8O5S. The van der Waals surface area contributed by atoms with Crippen LogP contribution in [0.25, 0.3) is 22.1 Å². The maximum atomic E-state index is 13.1. The van der Waals surface area contributed by atoms with Gasteiger partial charge in [0, 0.05) is 18.7 Å². The highest BCUT2D eigenvalue weighted by Gasteiger charge is 2.17. The second-order valence-corrected chi connectivity index (χ2v) is 11.5. The van der Waals surface area contributed by atoms with Gasteiger partial charge in [0.15, 0.2) is 5.96 Å². The van der Waals surface area contributed by atoms with Gasteiger partial charge in [-0.1, -0.05) is 18.2 Å². The van der Waals surface area contributed by atoms with Crippen molar-refractivity contribution in [3.8, 4) is 5.75 Å². The summed E-state index contributed by atoms with van der Waals surface area (Å²) in [5, 5.41) is 2.95. The molecule has 0 aliphatic carbocycles. The first-order valence-electron chi connectivity index (χ1n) is 13.5. The molecule has 0 bridgehead atoms. The molecule has 0 radical (unpaired) electrons. The number of fused-ring (bicyclic) bond motifs is 2. The van der Waals surface area contributed by atoms with Crippen LogP contribution in [0.4, 0.5) is 5.69 Å². The molecule has 5 rings (SSSR count). The normalized spacial score (nSPS) is 11.6. The van der Waals surface area contributed by atoms with Crippen molar-refractivity contribution in [2.24, 2.45) is 16.5 Å². The van der Waals surface area contributed by atoms with E-state index >= 15 is 0 Å². The minimum atomic E-state index is -4.15. The average molecular weight is 605 g/mol. The number of aliphatic imine (C=N–C) groups is 1. The second kappa shape index (κ2) is 12.5. The number of imidazole rings is 2. The molecular weight excluding hydrogens is 572 g/mol. The number of nitrogens with two attached hydrogens (primary N) is 2. The molecule has 0 fully saturated rings. The van der Waals surface area contributed by atoms with Gasteiger partial charge >= 0.3 is 0 Å². The molecule has 2 aromatic heterocycles. The lowest BCUT2D eigenvalue weighted by Gasteiger charge is -2.10. The lowest BCUT2D eigenvalue weighted by molar-refractivity contribution is 0.0954. The molecule has 14 heteroatoms. The molecule has 0 unspecified atom stereocenters. The second-order valence-electron chi connectivity index (χ2n) is 9.94. The molecule has 0 saturated heterocycles. The number of methoxy groups -OCH3 is 1. The van der Waals surface area contributed by atoms with E-state index in [9.17, 15) is 17.8 Å². The van der Waals surface area contributed by atoms with E-state index in [0.29, 0.717) is 58.8 Å². The highest BCUT2D eigenvalue weighted by Crippen LogP contribution is 2.24. The summed E-state index contributed by atoms with van der Waals surface area (Å²) in [5.41, 5.74) is 15.7. The van der Waals surface area contributed by atoms with E-state index in [2.05, 4.69) is 20.3 Å². The molecule has 43 heavy (non-hydrogen) atoms. The number of H-pyrrole nitrogens is 1. The van der Waals surface area contributed by atoms with Gasteiger partial charge in [0.05, 0.1) is 47.0 Å². The Labute approximate surface area is 247 Å². The molecule has 13 nitrogen and oxygen atoms in total. The summed E-state index contributed by atoms with van der Waals surface area (Å²) in [6.45, 7) is 0.659. The number of aryl methyl sites for hydroxylation is 1. The Morgan fingerprint density at radius 1 is 1.09 bits per heavy atom. The van der Waals surface area contributed by atoms with Gasteiger partial charge in [0.2, 0.25) is 0 Å². The largest absolute Gasteiger partial charge is 0.496 e. The van der Waals surface area contributed by atoms with Crippen molar-refractivity contribution in [2.75, 3.05) is 19.4 Å². The third-order valence-electron chi connectivity index (χ3n) is 6.84. The van der Waals surface area contributed by atoms with Gasteiger partial charge in [-0.2, -0.15) is 8.42 Å². The van der Waals surface area contributed by atoms with Crippen molar-refractivity contribution in [3.05, 3.63) is 83.4 Å². The van der Waals surface area contributed by atoms with Crippen molar-refractivity contribution in [1.82, 2.24) is 24.8 Å². The Hall–Kier alpha value is -4.95. The van der Waals surface area contributed by atoms with Crippen LogP contribution in [0, 0.1) is 0 Å². The van der Waals surface area contributed by atoms with E-state index in [1.807, 2.05) is 28.8 Å². The van der Waals surface area contributed by atoms with Crippen LogP contribution in [0.3, 0.4) is 0 Å². The zero-order valence-corrected chi connectivity index (χ0v) is 24.3. The van der Waals surface area contributed by atoms with E-state index in [4.69, 9.17) is 21.2 Å². The Morgan fingerprint density at radius 2 is 1.88 bits per heavy atom. The first-order chi connectivity index (χ1) is 20.6. The molecule has 0 spiro atoms. The van der Waals surface area contributed by atoms with E-state index in [1.165, 1.54) is 0 Å². The number of ether oxygens (including phenoxy) is 1. The molecule has 0 saturated carbocycles. The average Bonchev–Trinajstić information content (AvgIpc) is 3.51. The van der Waals surface area contributed by atoms with Crippen LogP contribution in [-0.2, 0) is 29.5 Å². The molecule has 0 aliphatic heterocycles. The van der Waals surface area contributed by atoms with E-state index < -0.39 is 15.9 Å². The van der Waals surface area contributed by atoms with Crippen molar-refractivity contribution < 1.29 is 22.5 Å².